The Kier molecular flexibility index (Phi) is 5.26. The zero-order valence-electron chi connectivity index (χ0n) is 17.4. The SMILES string of the molecule is Cc1ccc(/C=C2/SC(=S)N(CCC(=O)NC34CC5CC(CC(C5)C3)C4)C2=O)cc1. The van der Waals surface area contributed by atoms with Crippen LogP contribution in [0.1, 0.15) is 56.1 Å². The van der Waals surface area contributed by atoms with Gasteiger partial charge in [-0.05, 0) is 74.8 Å². The monoisotopic (exact) mass is 440 g/mol. The second-order valence-corrected chi connectivity index (χ2v) is 11.4. The highest BCUT2D eigenvalue weighted by Crippen LogP contribution is 2.55. The third kappa shape index (κ3) is 3.96. The number of thiocarbonyl (C=S) groups is 1. The number of amides is 2. The lowest BCUT2D eigenvalue weighted by molar-refractivity contribution is -0.127. The number of benzene rings is 1. The maximum Gasteiger partial charge on any atom is 0.266 e. The van der Waals surface area contributed by atoms with Crippen molar-refractivity contribution in [1.29, 1.82) is 0 Å². The molecule has 0 radical (unpaired) electrons. The van der Waals surface area contributed by atoms with Gasteiger partial charge in [0.05, 0.1) is 4.91 Å². The molecule has 6 rings (SSSR count). The Morgan fingerprint density at radius 2 is 1.77 bits per heavy atom. The quantitative estimate of drug-likeness (QED) is 0.534. The Bertz CT molecular complexity index is 886. The van der Waals surface area contributed by atoms with Crippen LogP contribution in [-0.2, 0) is 9.59 Å². The van der Waals surface area contributed by atoms with Gasteiger partial charge >= 0.3 is 0 Å². The molecule has 4 bridgehead atoms. The average molecular weight is 441 g/mol. The van der Waals surface area contributed by atoms with Gasteiger partial charge in [0.2, 0.25) is 5.91 Å². The third-order valence-corrected chi connectivity index (χ3v) is 8.63. The first kappa shape index (κ1) is 20.3. The first-order valence-electron chi connectivity index (χ1n) is 11.0. The summed E-state index contributed by atoms with van der Waals surface area (Å²) in [6, 6.07) is 8.06. The Morgan fingerprint density at radius 3 is 2.37 bits per heavy atom. The maximum absolute atomic E-state index is 12.8. The number of aryl methyl sites for hydroxylation is 1. The van der Waals surface area contributed by atoms with Crippen molar-refractivity contribution in [1.82, 2.24) is 10.2 Å². The highest BCUT2D eigenvalue weighted by molar-refractivity contribution is 8.26. The van der Waals surface area contributed by atoms with Crippen LogP contribution >= 0.6 is 24.0 Å². The van der Waals surface area contributed by atoms with Crippen LogP contribution in [0.3, 0.4) is 0 Å². The largest absolute Gasteiger partial charge is 0.351 e. The van der Waals surface area contributed by atoms with Gasteiger partial charge in [-0.25, -0.2) is 0 Å². The minimum atomic E-state index is -0.0896. The van der Waals surface area contributed by atoms with E-state index in [1.807, 2.05) is 37.3 Å². The van der Waals surface area contributed by atoms with Gasteiger partial charge in [0.15, 0.2) is 0 Å². The van der Waals surface area contributed by atoms with Crippen LogP contribution in [0.25, 0.3) is 6.08 Å². The fourth-order valence-corrected chi connectivity index (χ4v) is 7.65. The summed E-state index contributed by atoms with van der Waals surface area (Å²) in [6.07, 6.45) is 9.71. The van der Waals surface area contributed by atoms with Crippen LogP contribution in [-0.4, -0.2) is 33.1 Å². The minimum Gasteiger partial charge on any atom is -0.351 e. The number of rotatable bonds is 5. The Balaban J connectivity index is 1.19. The molecule has 0 aromatic heterocycles. The fraction of sp³-hybridized carbons (Fsp3) is 0.542. The first-order valence-corrected chi connectivity index (χ1v) is 12.2. The lowest BCUT2D eigenvalue weighted by Crippen LogP contribution is -2.60. The fourth-order valence-electron chi connectivity index (χ4n) is 6.34. The molecule has 1 saturated heterocycles. The summed E-state index contributed by atoms with van der Waals surface area (Å²) in [4.78, 5) is 27.8. The average Bonchev–Trinajstić information content (AvgIpc) is 2.93. The van der Waals surface area contributed by atoms with E-state index in [4.69, 9.17) is 12.2 Å². The molecule has 0 spiro atoms. The van der Waals surface area contributed by atoms with Gasteiger partial charge in [0.25, 0.3) is 5.91 Å². The molecular formula is C24H28N2O2S2. The molecule has 4 saturated carbocycles. The van der Waals surface area contributed by atoms with E-state index >= 15 is 0 Å². The normalized spacial score (nSPS) is 33.6. The van der Waals surface area contributed by atoms with E-state index in [0.29, 0.717) is 22.2 Å². The van der Waals surface area contributed by atoms with Gasteiger partial charge in [0.1, 0.15) is 4.32 Å². The van der Waals surface area contributed by atoms with E-state index in [0.717, 1.165) is 42.6 Å². The van der Waals surface area contributed by atoms with Crippen molar-refractivity contribution in [2.75, 3.05) is 6.54 Å². The second-order valence-electron chi connectivity index (χ2n) is 9.74. The first-order chi connectivity index (χ1) is 14.4. The molecule has 0 unspecified atom stereocenters. The second kappa shape index (κ2) is 7.79. The van der Waals surface area contributed by atoms with E-state index in [2.05, 4.69) is 5.32 Å². The molecule has 0 atom stereocenters. The molecule has 4 nitrogen and oxygen atoms in total. The summed E-state index contributed by atoms with van der Waals surface area (Å²) in [6.45, 7) is 2.39. The summed E-state index contributed by atoms with van der Waals surface area (Å²) in [5.41, 5.74) is 2.19. The standard InChI is InChI=1S/C24H28N2O2S2/c1-15-2-4-16(5-3-15)11-20-22(28)26(23(29)30-20)7-6-21(27)25-24-12-17-8-18(13-24)10-19(9-17)14-24/h2-5,11,17-19H,6-10,12-14H2,1H3,(H,25,27)/b20-11+. The number of nitrogens with zero attached hydrogens (tertiary/aromatic N) is 1. The molecule has 6 heteroatoms. The summed E-state index contributed by atoms with van der Waals surface area (Å²) >= 11 is 6.76. The molecule has 4 aliphatic carbocycles. The molecule has 2 amide bonds. The zero-order valence-corrected chi connectivity index (χ0v) is 19.0. The summed E-state index contributed by atoms with van der Waals surface area (Å²) in [7, 11) is 0. The number of nitrogens with one attached hydrogen (secondary N) is 1. The summed E-state index contributed by atoms with van der Waals surface area (Å²) in [5.74, 6) is 2.38. The van der Waals surface area contributed by atoms with Crippen LogP contribution in [0.4, 0.5) is 0 Å². The van der Waals surface area contributed by atoms with Crippen molar-refractivity contribution in [3.05, 3.63) is 40.3 Å². The lowest BCUT2D eigenvalue weighted by atomic mass is 9.53. The molecule has 158 valence electrons. The highest BCUT2D eigenvalue weighted by Gasteiger charge is 2.51. The zero-order chi connectivity index (χ0) is 20.9. The van der Waals surface area contributed by atoms with Crippen LogP contribution < -0.4 is 5.32 Å². The van der Waals surface area contributed by atoms with Gasteiger partial charge in [-0.15, -0.1) is 0 Å². The minimum absolute atomic E-state index is 0.0205. The van der Waals surface area contributed by atoms with Crippen molar-refractivity contribution < 1.29 is 9.59 Å². The van der Waals surface area contributed by atoms with Crippen LogP contribution in [0.2, 0.25) is 0 Å². The van der Waals surface area contributed by atoms with Crippen molar-refractivity contribution in [2.24, 2.45) is 17.8 Å². The predicted octanol–water partition coefficient (Wildman–Crippen LogP) is 4.67. The molecular weight excluding hydrogens is 412 g/mol. The van der Waals surface area contributed by atoms with Crippen molar-refractivity contribution in [2.45, 2.75) is 57.4 Å². The topological polar surface area (TPSA) is 49.4 Å². The molecule has 1 aromatic carbocycles. The number of hydrogen-bond donors (Lipinski definition) is 1. The van der Waals surface area contributed by atoms with Crippen molar-refractivity contribution in [3.8, 4) is 0 Å². The lowest BCUT2D eigenvalue weighted by Gasteiger charge is -2.57. The van der Waals surface area contributed by atoms with E-state index in [1.54, 1.807) is 4.90 Å². The van der Waals surface area contributed by atoms with E-state index in [-0.39, 0.29) is 17.4 Å². The number of hydrogen-bond acceptors (Lipinski definition) is 4. The molecule has 30 heavy (non-hydrogen) atoms. The smallest absolute Gasteiger partial charge is 0.266 e. The van der Waals surface area contributed by atoms with Crippen LogP contribution in [0, 0.1) is 24.7 Å². The molecule has 1 heterocycles. The van der Waals surface area contributed by atoms with Crippen LogP contribution in [0.15, 0.2) is 29.2 Å². The highest BCUT2D eigenvalue weighted by atomic mass is 32.2. The Labute approximate surface area is 187 Å². The summed E-state index contributed by atoms with van der Waals surface area (Å²) in [5, 5.41) is 3.39. The third-order valence-electron chi connectivity index (χ3n) is 7.25. The maximum atomic E-state index is 12.8. The molecule has 1 aromatic rings. The van der Waals surface area contributed by atoms with E-state index in [9.17, 15) is 9.59 Å². The number of carbonyl (C=O) groups is 2. The van der Waals surface area contributed by atoms with Gasteiger partial charge in [0, 0.05) is 18.5 Å². The van der Waals surface area contributed by atoms with Crippen molar-refractivity contribution >= 4 is 46.2 Å². The molecule has 1 aliphatic heterocycles. The number of thioether (sulfide) groups is 1. The van der Waals surface area contributed by atoms with E-state index in [1.165, 1.54) is 36.6 Å². The van der Waals surface area contributed by atoms with E-state index < -0.39 is 0 Å². The number of carbonyl (C=O) groups excluding carboxylic acids is 2. The van der Waals surface area contributed by atoms with Crippen LogP contribution in [0.5, 0.6) is 0 Å². The van der Waals surface area contributed by atoms with Gasteiger partial charge in [-0.2, -0.15) is 0 Å². The van der Waals surface area contributed by atoms with Gasteiger partial charge in [-0.3, -0.25) is 14.5 Å². The molecule has 5 fully saturated rings. The Hall–Kier alpha value is -1.66. The van der Waals surface area contributed by atoms with Gasteiger partial charge < -0.3 is 5.32 Å². The molecule has 5 aliphatic rings. The summed E-state index contributed by atoms with van der Waals surface area (Å²) < 4.78 is 0.543. The van der Waals surface area contributed by atoms with Gasteiger partial charge in [-0.1, -0.05) is 53.8 Å². The molecule has 1 N–H and O–H groups in total. The van der Waals surface area contributed by atoms with Crippen molar-refractivity contribution in [3.63, 3.8) is 0 Å². The Morgan fingerprint density at radius 1 is 1.17 bits per heavy atom. The predicted molar refractivity (Wildman–Crippen MR) is 125 cm³/mol.